The average molecular weight is 290 g/mol. The highest BCUT2D eigenvalue weighted by atomic mass is 35.5. The first-order valence-corrected chi connectivity index (χ1v) is 7.02. The molecule has 1 saturated heterocycles. The summed E-state index contributed by atoms with van der Waals surface area (Å²) in [4.78, 5) is 17.4. The molecule has 1 aliphatic rings. The van der Waals surface area contributed by atoms with E-state index in [0.717, 1.165) is 43.5 Å². The van der Waals surface area contributed by atoms with Crippen molar-refractivity contribution >= 4 is 23.2 Å². The van der Waals surface area contributed by atoms with E-state index in [1.807, 2.05) is 25.1 Å². The molecule has 0 N–H and O–H groups in total. The average Bonchev–Trinajstić information content (AvgIpc) is 2.48. The number of piperazine rings is 1. The van der Waals surface area contributed by atoms with Crippen LogP contribution in [0, 0.1) is 6.92 Å². The van der Waals surface area contributed by atoms with E-state index in [-0.39, 0.29) is 0 Å². The standard InChI is InChI=1S/C14H16ClN5/c1-11-12(3-4-13(15)18-11)19-7-9-20(10-8-19)14-16-5-2-6-17-14/h2-6H,7-10H2,1H3. The lowest BCUT2D eigenvalue weighted by Gasteiger charge is -2.36. The minimum absolute atomic E-state index is 0.544. The van der Waals surface area contributed by atoms with Gasteiger partial charge in [0.2, 0.25) is 5.95 Å². The molecule has 0 bridgehead atoms. The molecule has 20 heavy (non-hydrogen) atoms. The normalized spacial score (nSPS) is 15.5. The Morgan fingerprint density at radius 3 is 2.30 bits per heavy atom. The van der Waals surface area contributed by atoms with Crippen molar-refractivity contribution in [3.05, 3.63) is 41.4 Å². The maximum absolute atomic E-state index is 5.90. The lowest BCUT2D eigenvalue weighted by Crippen LogP contribution is -2.47. The van der Waals surface area contributed by atoms with Crippen molar-refractivity contribution in [2.24, 2.45) is 0 Å². The Bertz CT molecular complexity index is 581. The Hall–Kier alpha value is -1.88. The number of aromatic nitrogens is 3. The molecule has 1 aliphatic heterocycles. The summed E-state index contributed by atoms with van der Waals surface area (Å²) in [6.07, 6.45) is 3.56. The van der Waals surface area contributed by atoms with Crippen LogP contribution in [-0.4, -0.2) is 41.1 Å². The number of hydrogen-bond donors (Lipinski definition) is 0. The smallest absolute Gasteiger partial charge is 0.225 e. The van der Waals surface area contributed by atoms with Crippen LogP contribution in [-0.2, 0) is 0 Å². The number of hydrogen-bond acceptors (Lipinski definition) is 5. The van der Waals surface area contributed by atoms with Crippen molar-refractivity contribution in [1.29, 1.82) is 0 Å². The van der Waals surface area contributed by atoms with Crippen LogP contribution in [0.4, 0.5) is 11.6 Å². The SMILES string of the molecule is Cc1nc(Cl)ccc1N1CCN(c2ncccn2)CC1. The second-order valence-electron chi connectivity index (χ2n) is 4.76. The molecule has 0 radical (unpaired) electrons. The zero-order valence-corrected chi connectivity index (χ0v) is 12.1. The Balaban J connectivity index is 1.69. The van der Waals surface area contributed by atoms with Gasteiger partial charge in [-0.1, -0.05) is 11.6 Å². The van der Waals surface area contributed by atoms with Crippen LogP contribution in [0.3, 0.4) is 0 Å². The molecular weight excluding hydrogens is 274 g/mol. The molecule has 104 valence electrons. The van der Waals surface area contributed by atoms with Crippen molar-refractivity contribution < 1.29 is 0 Å². The van der Waals surface area contributed by atoms with E-state index in [0.29, 0.717) is 5.15 Å². The zero-order valence-electron chi connectivity index (χ0n) is 11.3. The molecule has 3 heterocycles. The number of halogens is 1. The van der Waals surface area contributed by atoms with Gasteiger partial charge in [0, 0.05) is 38.6 Å². The quantitative estimate of drug-likeness (QED) is 0.793. The van der Waals surface area contributed by atoms with Crippen molar-refractivity contribution in [1.82, 2.24) is 15.0 Å². The summed E-state index contributed by atoms with van der Waals surface area (Å²) in [5, 5.41) is 0.544. The van der Waals surface area contributed by atoms with Crippen molar-refractivity contribution in [2.75, 3.05) is 36.0 Å². The first-order valence-electron chi connectivity index (χ1n) is 6.64. The van der Waals surface area contributed by atoms with Crippen molar-refractivity contribution in [3.63, 3.8) is 0 Å². The molecule has 1 fully saturated rings. The summed E-state index contributed by atoms with van der Waals surface area (Å²) >= 11 is 5.90. The first kappa shape index (κ1) is 13.1. The minimum Gasteiger partial charge on any atom is -0.367 e. The Morgan fingerprint density at radius 2 is 1.65 bits per heavy atom. The van der Waals surface area contributed by atoms with Gasteiger partial charge in [-0.2, -0.15) is 0 Å². The van der Waals surface area contributed by atoms with Gasteiger partial charge in [0.05, 0.1) is 11.4 Å². The Kier molecular flexibility index (Phi) is 3.69. The predicted octanol–water partition coefficient (Wildman–Crippen LogP) is 2.16. The summed E-state index contributed by atoms with van der Waals surface area (Å²) in [7, 11) is 0. The first-order chi connectivity index (χ1) is 9.74. The second kappa shape index (κ2) is 5.63. The summed E-state index contributed by atoms with van der Waals surface area (Å²) in [5.74, 6) is 0.804. The van der Waals surface area contributed by atoms with E-state index in [2.05, 4.69) is 24.8 Å². The predicted molar refractivity (Wildman–Crippen MR) is 80.4 cm³/mol. The Labute approximate surface area is 123 Å². The van der Waals surface area contributed by atoms with Gasteiger partial charge < -0.3 is 9.80 Å². The molecule has 6 heteroatoms. The third-order valence-electron chi connectivity index (χ3n) is 3.48. The molecule has 0 amide bonds. The molecule has 3 rings (SSSR count). The largest absolute Gasteiger partial charge is 0.367 e. The van der Waals surface area contributed by atoms with Crippen LogP contribution in [0.1, 0.15) is 5.69 Å². The van der Waals surface area contributed by atoms with Gasteiger partial charge in [-0.3, -0.25) is 0 Å². The van der Waals surface area contributed by atoms with Crippen LogP contribution in [0.2, 0.25) is 5.15 Å². The number of rotatable bonds is 2. The molecule has 0 saturated carbocycles. The number of nitrogens with zero attached hydrogens (tertiary/aromatic N) is 5. The molecule has 2 aromatic rings. The monoisotopic (exact) mass is 289 g/mol. The zero-order chi connectivity index (χ0) is 13.9. The van der Waals surface area contributed by atoms with Gasteiger partial charge in [0.15, 0.2) is 0 Å². The van der Waals surface area contributed by atoms with E-state index in [9.17, 15) is 0 Å². The molecule has 5 nitrogen and oxygen atoms in total. The summed E-state index contributed by atoms with van der Waals surface area (Å²) < 4.78 is 0. The highest BCUT2D eigenvalue weighted by Crippen LogP contribution is 2.22. The van der Waals surface area contributed by atoms with Gasteiger partial charge in [-0.25, -0.2) is 15.0 Å². The van der Waals surface area contributed by atoms with Crippen molar-refractivity contribution in [3.8, 4) is 0 Å². The second-order valence-corrected chi connectivity index (χ2v) is 5.15. The van der Waals surface area contributed by atoms with Crippen LogP contribution >= 0.6 is 11.6 Å². The third-order valence-corrected chi connectivity index (χ3v) is 3.69. The Morgan fingerprint density at radius 1 is 1.00 bits per heavy atom. The molecule has 0 aromatic carbocycles. The number of anilines is 2. The summed E-state index contributed by atoms with van der Waals surface area (Å²) in [6, 6.07) is 5.72. The molecule has 2 aromatic heterocycles. The van der Waals surface area contributed by atoms with Gasteiger partial charge in [0.1, 0.15) is 5.15 Å². The number of pyridine rings is 1. The van der Waals surface area contributed by atoms with E-state index >= 15 is 0 Å². The molecule has 0 spiro atoms. The molecule has 0 unspecified atom stereocenters. The maximum atomic E-state index is 5.90. The lowest BCUT2D eigenvalue weighted by molar-refractivity contribution is 0.638. The fourth-order valence-corrected chi connectivity index (χ4v) is 2.65. The molecule has 0 aliphatic carbocycles. The van der Waals surface area contributed by atoms with E-state index in [1.165, 1.54) is 0 Å². The fourth-order valence-electron chi connectivity index (χ4n) is 2.46. The highest BCUT2D eigenvalue weighted by molar-refractivity contribution is 6.29. The van der Waals surface area contributed by atoms with Crippen LogP contribution in [0.5, 0.6) is 0 Å². The minimum atomic E-state index is 0.544. The highest BCUT2D eigenvalue weighted by Gasteiger charge is 2.20. The summed E-state index contributed by atoms with van der Waals surface area (Å²) in [5.41, 5.74) is 2.13. The van der Waals surface area contributed by atoms with E-state index in [4.69, 9.17) is 11.6 Å². The molecule has 0 atom stereocenters. The number of aryl methyl sites for hydroxylation is 1. The third kappa shape index (κ3) is 2.67. The lowest BCUT2D eigenvalue weighted by atomic mass is 10.2. The van der Waals surface area contributed by atoms with E-state index in [1.54, 1.807) is 12.4 Å². The van der Waals surface area contributed by atoms with Crippen LogP contribution < -0.4 is 9.80 Å². The maximum Gasteiger partial charge on any atom is 0.225 e. The fraction of sp³-hybridized carbons (Fsp3) is 0.357. The van der Waals surface area contributed by atoms with Gasteiger partial charge >= 0.3 is 0 Å². The summed E-state index contributed by atoms with van der Waals surface area (Å²) in [6.45, 7) is 5.68. The van der Waals surface area contributed by atoms with Gasteiger partial charge in [-0.05, 0) is 25.1 Å². The van der Waals surface area contributed by atoms with E-state index < -0.39 is 0 Å². The van der Waals surface area contributed by atoms with Gasteiger partial charge in [0.25, 0.3) is 0 Å². The van der Waals surface area contributed by atoms with Crippen LogP contribution in [0.25, 0.3) is 0 Å². The van der Waals surface area contributed by atoms with Crippen molar-refractivity contribution in [2.45, 2.75) is 6.92 Å². The topological polar surface area (TPSA) is 45.2 Å². The van der Waals surface area contributed by atoms with Gasteiger partial charge in [-0.15, -0.1) is 0 Å². The molecular formula is C14H16ClN5. The van der Waals surface area contributed by atoms with Crippen LogP contribution in [0.15, 0.2) is 30.6 Å².